The van der Waals surface area contributed by atoms with Gasteiger partial charge in [-0.05, 0) is 33.2 Å². The standard InChI is InChI=1S/C18H29N3O3S/c1-18(2,21-11-14-25(22,23)15-12-21)17(16-8-4-3-5-9-16)20-24-13-7-6-10-19/h3-5,8-9H,6-7,10-15,19H2,1-2H3. The molecule has 0 saturated carbocycles. The summed E-state index contributed by atoms with van der Waals surface area (Å²) in [6.07, 6.45) is 1.77. The first-order valence-corrected chi connectivity index (χ1v) is 10.6. The van der Waals surface area contributed by atoms with Gasteiger partial charge in [-0.3, -0.25) is 4.90 Å². The number of benzene rings is 1. The molecule has 0 radical (unpaired) electrons. The Bertz CT molecular complexity index is 658. The van der Waals surface area contributed by atoms with E-state index in [2.05, 4.69) is 23.9 Å². The van der Waals surface area contributed by atoms with Crippen LogP contribution in [0.25, 0.3) is 0 Å². The normalized spacial score (nSPS) is 18.9. The van der Waals surface area contributed by atoms with Gasteiger partial charge in [0.05, 0.1) is 17.0 Å². The maximum atomic E-state index is 11.7. The monoisotopic (exact) mass is 367 g/mol. The molecule has 1 aromatic carbocycles. The second-order valence-electron chi connectivity index (χ2n) is 6.83. The second kappa shape index (κ2) is 8.78. The Hall–Kier alpha value is -1.44. The van der Waals surface area contributed by atoms with E-state index in [0.717, 1.165) is 24.1 Å². The Morgan fingerprint density at radius 1 is 1.20 bits per heavy atom. The van der Waals surface area contributed by atoms with E-state index < -0.39 is 15.4 Å². The van der Waals surface area contributed by atoms with E-state index in [1.165, 1.54) is 0 Å². The lowest BCUT2D eigenvalue weighted by Crippen LogP contribution is -2.56. The molecular weight excluding hydrogens is 338 g/mol. The summed E-state index contributed by atoms with van der Waals surface area (Å²) in [6, 6.07) is 9.91. The maximum Gasteiger partial charge on any atom is 0.152 e. The third-order valence-corrected chi connectivity index (χ3v) is 6.22. The molecule has 7 heteroatoms. The van der Waals surface area contributed by atoms with Crippen LogP contribution in [0.4, 0.5) is 0 Å². The van der Waals surface area contributed by atoms with Crippen LogP contribution in [0, 0.1) is 0 Å². The van der Waals surface area contributed by atoms with Crippen LogP contribution in [-0.2, 0) is 14.7 Å². The Kier molecular flexibility index (Phi) is 6.98. The van der Waals surface area contributed by atoms with Crippen LogP contribution < -0.4 is 5.73 Å². The SMILES string of the molecule is CC(C)(C(=NOCCCCN)c1ccccc1)N1CCS(=O)(=O)CC1. The van der Waals surface area contributed by atoms with Crippen molar-refractivity contribution in [3.8, 4) is 0 Å². The maximum absolute atomic E-state index is 11.7. The summed E-state index contributed by atoms with van der Waals surface area (Å²) >= 11 is 0. The smallest absolute Gasteiger partial charge is 0.152 e. The highest BCUT2D eigenvalue weighted by molar-refractivity contribution is 7.91. The third-order valence-electron chi connectivity index (χ3n) is 4.61. The molecule has 1 aliphatic heterocycles. The molecule has 25 heavy (non-hydrogen) atoms. The van der Waals surface area contributed by atoms with Crippen molar-refractivity contribution < 1.29 is 13.3 Å². The average Bonchev–Trinajstić information content (AvgIpc) is 2.58. The van der Waals surface area contributed by atoms with E-state index in [0.29, 0.717) is 26.2 Å². The van der Waals surface area contributed by atoms with Gasteiger partial charge in [0.25, 0.3) is 0 Å². The lowest BCUT2D eigenvalue weighted by atomic mass is 9.90. The highest BCUT2D eigenvalue weighted by Crippen LogP contribution is 2.24. The molecule has 1 saturated heterocycles. The van der Waals surface area contributed by atoms with Gasteiger partial charge in [-0.25, -0.2) is 8.42 Å². The highest BCUT2D eigenvalue weighted by Gasteiger charge is 2.37. The minimum atomic E-state index is -2.92. The molecule has 0 amide bonds. The number of nitrogens with zero attached hydrogens (tertiary/aromatic N) is 2. The summed E-state index contributed by atoms with van der Waals surface area (Å²) in [7, 11) is -2.92. The van der Waals surface area contributed by atoms with Gasteiger partial charge in [0, 0.05) is 18.7 Å². The largest absolute Gasteiger partial charge is 0.396 e. The molecule has 2 rings (SSSR count). The third kappa shape index (κ3) is 5.52. The zero-order chi connectivity index (χ0) is 18.3. The fourth-order valence-electron chi connectivity index (χ4n) is 2.96. The summed E-state index contributed by atoms with van der Waals surface area (Å²) < 4.78 is 23.5. The van der Waals surface area contributed by atoms with Gasteiger partial charge < -0.3 is 10.6 Å². The van der Waals surface area contributed by atoms with E-state index in [9.17, 15) is 8.42 Å². The van der Waals surface area contributed by atoms with E-state index in [1.807, 2.05) is 30.3 Å². The van der Waals surface area contributed by atoms with Crippen molar-refractivity contribution in [1.82, 2.24) is 4.90 Å². The van der Waals surface area contributed by atoms with Crippen molar-refractivity contribution in [3.05, 3.63) is 35.9 Å². The lowest BCUT2D eigenvalue weighted by molar-refractivity contribution is 0.130. The number of sulfone groups is 1. The molecule has 0 unspecified atom stereocenters. The van der Waals surface area contributed by atoms with Gasteiger partial charge in [-0.15, -0.1) is 0 Å². The lowest BCUT2D eigenvalue weighted by Gasteiger charge is -2.41. The van der Waals surface area contributed by atoms with Crippen LogP contribution in [0.15, 0.2) is 35.5 Å². The van der Waals surface area contributed by atoms with Crippen LogP contribution in [0.2, 0.25) is 0 Å². The molecule has 6 nitrogen and oxygen atoms in total. The molecule has 1 fully saturated rings. The van der Waals surface area contributed by atoms with Crippen LogP contribution >= 0.6 is 0 Å². The summed E-state index contributed by atoms with van der Waals surface area (Å²) in [6.45, 7) is 6.33. The van der Waals surface area contributed by atoms with Gasteiger partial charge in [-0.1, -0.05) is 35.5 Å². The van der Waals surface area contributed by atoms with Gasteiger partial charge in [-0.2, -0.15) is 0 Å². The molecule has 0 bridgehead atoms. The Morgan fingerprint density at radius 3 is 2.44 bits per heavy atom. The van der Waals surface area contributed by atoms with Gasteiger partial charge in [0.1, 0.15) is 12.3 Å². The predicted octanol–water partition coefficient (Wildman–Crippen LogP) is 1.66. The van der Waals surface area contributed by atoms with Crippen molar-refractivity contribution in [2.24, 2.45) is 10.9 Å². The minimum absolute atomic E-state index is 0.190. The highest BCUT2D eigenvalue weighted by atomic mass is 32.2. The van der Waals surface area contributed by atoms with E-state index >= 15 is 0 Å². The first kappa shape index (κ1) is 19.9. The zero-order valence-corrected chi connectivity index (χ0v) is 16.0. The average molecular weight is 368 g/mol. The fourth-order valence-corrected chi connectivity index (χ4v) is 4.16. The van der Waals surface area contributed by atoms with Crippen molar-refractivity contribution in [2.45, 2.75) is 32.2 Å². The van der Waals surface area contributed by atoms with Crippen molar-refractivity contribution in [2.75, 3.05) is 37.7 Å². The number of hydrogen-bond donors (Lipinski definition) is 1. The summed E-state index contributed by atoms with van der Waals surface area (Å²) in [5.41, 5.74) is 6.88. The van der Waals surface area contributed by atoms with Crippen LogP contribution in [-0.4, -0.2) is 62.3 Å². The van der Waals surface area contributed by atoms with Crippen molar-refractivity contribution >= 4 is 15.5 Å². The summed E-state index contributed by atoms with van der Waals surface area (Å²) in [5.74, 6) is 0.381. The number of unbranched alkanes of at least 4 members (excludes halogenated alkanes) is 1. The topological polar surface area (TPSA) is 85.0 Å². The number of hydrogen-bond acceptors (Lipinski definition) is 6. The van der Waals surface area contributed by atoms with E-state index in [1.54, 1.807) is 0 Å². The number of rotatable bonds is 8. The molecule has 0 atom stereocenters. The second-order valence-corrected chi connectivity index (χ2v) is 9.14. The first-order chi connectivity index (χ1) is 11.9. The van der Waals surface area contributed by atoms with Crippen LogP contribution in [0.3, 0.4) is 0 Å². The molecule has 0 aliphatic carbocycles. The summed E-state index contributed by atoms with van der Waals surface area (Å²) in [4.78, 5) is 7.73. The van der Waals surface area contributed by atoms with E-state index in [4.69, 9.17) is 10.6 Å². The molecular formula is C18H29N3O3S. The van der Waals surface area contributed by atoms with Crippen LogP contribution in [0.5, 0.6) is 0 Å². The van der Waals surface area contributed by atoms with Gasteiger partial charge in [0.2, 0.25) is 0 Å². The van der Waals surface area contributed by atoms with E-state index in [-0.39, 0.29) is 11.5 Å². The van der Waals surface area contributed by atoms with Crippen molar-refractivity contribution in [1.29, 1.82) is 0 Å². The van der Waals surface area contributed by atoms with Crippen LogP contribution in [0.1, 0.15) is 32.3 Å². The molecule has 2 N–H and O–H groups in total. The number of oxime groups is 1. The molecule has 1 aromatic rings. The minimum Gasteiger partial charge on any atom is -0.396 e. The molecule has 1 aliphatic rings. The fraction of sp³-hybridized carbons (Fsp3) is 0.611. The predicted molar refractivity (Wildman–Crippen MR) is 102 cm³/mol. The first-order valence-electron chi connectivity index (χ1n) is 8.78. The zero-order valence-electron chi connectivity index (χ0n) is 15.1. The number of nitrogens with two attached hydrogens (primary N) is 1. The Balaban J connectivity index is 2.19. The van der Waals surface area contributed by atoms with Gasteiger partial charge >= 0.3 is 0 Å². The van der Waals surface area contributed by atoms with Gasteiger partial charge in [0.15, 0.2) is 9.84 Å². The molecule has 0 spiro atoms. The molecule has 0 aromatic heterocycles. The van der Waals surface area contributed by atoms with Crippen molar-refractivity contribution in [3.63, 3.8) is 0 Å². The Morgan fingerprint density at radius 2 is 1.84 bits per heavy atom. The molecule has 140 valence electrons. The quantitative estimate of drug-likeness (QED) is 0.429. The molecule has 1 heterocycles. The summed E-state index contributed by atoms with van der Waals surface area (Å²) in [5, 5.41) is 4.43. The Labute approximate surface area is 150 Å².